The van der Waals surface area contributed by atoms with E-state index in [1.54, 1.807) is 0 Å². The van der Waals surface area contributed by atoms with E-state index >= 15 is 0 Å². The Morgan fingerprint density at radius 2 is 0.583 bits per heavy atom. The first-order chi connectivity index (χ1) is 17.7. The molecule has 0 heterocycles. The van der Waals surface area contributed by atoms with Gasteiger partial charge < -0.3 is 4.48 Å². The Morgan fingerprint density at radius 3 is 0.806 bits per heavy atom. The highest BCUT2D eigenvalue weighted by Crippen LogP contribution is 2.19. The van der Waals surface area contributed by atoms with Crippen molar-refractivity contribution < 1.29 is 4.48 Å². The lowest BCUT2D eigenvalue weighted by Crippen LogP contribution is -2.50. The van der Waals surface area contributed by atoms with Gasteiger partial charge in [-0.15, -0.1) is 0 Å². The highest BCUT2D eigenvalue weighted by Gasteiger charge is 2.24. The second kappa shape index (κ2) is 29.3. The van der Waals surface area contributed by atoms with Crippen LogP contribution in [0.15, 0.2) is 12.7 Å². The molecule has 1 nitrogen and oxygen atoms in total. The van der Waals surface area contributed by atoms with Crippen LogP contribution in [-0.4, -0.2) is 30.7 Å². The first-order valence-electron chi connectivity index (χ1n) is 17.2. The van der Waals surface area contributed by atoms with Crippen LogP contribution in [0.25, 0.3) is 0 Å². The molecule has 0 saturated carbocycles. The molecule has 0 radical (unpaired) electrons. The van der Waals surface area contributed by atoms with Crippen LogP contribution in [0.5, 0.6) is 0 Å². The molecule has 0 aromatic carbocycles. The summed E-state index contributed by atoms with van der Waals surface area (Å²) in [7, 11) is 0. The van der Waals surface area contributed by atoms with Gasteiger partial charge in [-0.05, 0) is 44.6 Å². The van der Waals surface area contributed by atoms with Gasteiger partial charge in [-0.3, -0.25) is 0 Å². The number of hydrogen-bond donors (Lipinski definition) is 0. The molecule has 1 heteroatoms. The van der Waals surface area contributed by atoms with Crippen LogP contribution in [0, 0.1) is 0 Å². The third-order valence-corrected chi connectivity index (χ3v) is 8.47. The van der Waals surface area contributed by atoms with E-state index in [2.05, 4.69) is 33.4 Å². The third kappa shape index (κ3) is 24.1. The summed E-state index contributed by atoms with van der Waals surface area (Å²) in [4.78, 5) is 0. The zero-order valence-electron chi connectivity index (χ0n) is 25.9. The topological polar surface area (TPSA) is 0 Å². The van der Waals surface area contributed by atoms with E-state index in [1.807, 2.05) is 0 Å². The maximum atomic E-state index is 4.20. The van der Waals surface area contributed by atoms with Gasteiger partial charge in [0.15, 0.2) is 0 Å². The molecular formula is C35H72N+. The van der Waals surface area contributed by atoms with Crippen molar-refractivity contribution in [3.63, 3.8) is 0 Å². The maximum Gasteiger partial charge on any atom is 0.0971 e. The van der Waals surface area contributed by atoms with Crippen LogP contribution in [0.2, 0.25) is 0 Å². The molecule has 216 valence electrons. The van der Waals surface area contributed by atoms with Crippen molar-refractivity contribution in [3.05, 3.63) is 12.7 Å². The molecule has 0 fully saturated rings. The molecule has 0 atom stereocenters. The molecule has 0 aliphatic heterocycles. The van der Waals surface area contributed by atoms with E-state index in [1.165, 1.54) is 198 Å². The Hall–Kier alpha value is -0.300. The summed E-state index contributed by atoms with van der Waals surface area (Å²) in [5, 5.41) is 0. The molecule has 0 aromatic heterocycles. The molecule has 0 aliphatic rings. The minimum absolute atomic E-state index is 1.20. The highest BCUT2D eigenvalue weighted by molar-refractivity contribution is 4.67. The fourth-order valence-corrected chi connectivity index (χ4v) is 5.98. The van der Waals surface area contributed by atoms with E-state index < -0.39 is 0 Å². The Labute approximate surface area is 230 Å². The van der Waals surface area contributed by atoms with Crippen molar-refractivity contribution in [2.45, 2.75) is 188 Å². The summed E-state index contributed by atoms with van der Waals surface area (Å²) >= 11 is 0. The maximum absolute atomic E-state index is 4.20. The van der Waals surface area contributed by atoms with Crippen LogP contribution >= 0.6 is 0 Å². The Bertz CT molecular complexity index is 391. The first kappa shape index (κ1) is 35.7. The quantitative estimate of drug-likeness (QED) is 0.0498. The summed E-state index contributed by atoms with van der Waals surface area (Å²) in [5.74, 6) is 0. The van der Waals surface area contributed by atoms with Gasteiger partial charge in [0, 0.05) is 0 Å². The molecule has 0 aliphatic carbocycles. The van der Waals surface area contributed by atoms with Gasteiger partial charge in [0.2, 0.25) is 0 Å². The molecular weight excluding hydrogens is 434 g/mol. The zero-order valence-corrected chi connectivity index (χ0v) is 25.9. The van der Waals surface area contributed by atoms with Crippen molar-refractivity contribution in [1.29, 1.82) is 0 Å². The van der Waals surface area contributed by atoms with Crippen molar-refractivity contribution >= 4 is 0 Å². The minimum atomic E-state index is 1.20. The fourth-order valence-electron chi connectivity index (χ4n) is 5.98. The molecule has 0 amide bonds. The van der Waals surface area contributed by atoms with Crippen molar-refractivity contribution in [2.75, 3.05) is 26.2 Å². The second-order valence-electron chi connectivity index (χ2n) is 12.1. The fraction of sp³-hybridized carbons (Fsp3) is 0.943. The Kier molecular flexibility index (Phi) is 29.0. The van der Waals surface area contributed by atoms with Crippen LogP contribution in [0.4, 0.5) is 0 Å². The molecule has 0 rings (SSSR count). The second-order valence-corrected chi connectivity index (χ2v) is 12.1. The van der Waals surface area contributed by atoms with E-state index in [4.69, 9.17) is 0 Å². The predicted molar refractivity (Wildman–Crippen MR) is 167 cm³/mol. The number of quaternary nitrogens is 1. The Balaban J connectivity index is 4.31. The van der Waals surface area contributed by atoms with Gasteiger partial charge in [-0.2, -0.15) is 0 Å². The molecule has 0 unspecified atom stereocenters. The number of nitrogens with zero attached hydrogens (tertiary/aromatic N) is 1. The van der Waals surface area contributed by atoms with Gasteiger partial charge in [-0.1, -0.05) is 156 Å². The van der Waals surface area contributed by atoms with Crippen molar-refractivity contribution in [3.8, 4) is 0 Å². The lowest BCUT2D eigenvalue weighted by molar-refractivity contribution is -0.923. The van der Waals surface area contributed by atoms with Crippen molar-refractivity contribution in [2.24, 2.45) is 0 Å². The number of unbranched alkanes of at least 4 members (excludes halogenated alkanes) is 23. The smallest absolute Gasteiger partial charge is 0.0971 e. The summed E-state index contributed by atoms with van der Waals surface area (Å²) < 4.78 is 1.34. The van der Waals surface area contributed by atoms with Gasteiger partial charge >= 0.3 is 0 Å². The number of hydrogen-bond acceptors (Lipinski definition) is 0. The van der Waals surface area contributed by atoms with Gasteiger partial charge in [0.25, 0.3) is 0 Å². The average molecular weight is 507 g/mol. The lowest BCUT2D eigenvalue weighted by atomic mass is 10.0. The number of rotatable bonds is 31. The van der Waals surface area contributed by atoms with Gasteiger partial charge in [0.05, 0.1) is 26.2 Å². The molecule has 36 heavy (non-hydrogen) atoms. The SMILES string of the molecule is C=CC[N+](CCCCCCCC)(CCCCCCCCCCCC)CCCCCCCCCCCC. The zero-order chi connectivity index (χ0) is 26.4. The molecule has 0 aromatic rings. The van der Waals surface area contributed by atoms with E-state index in [0.717, 1.165) is 0 Å². The standard InChI is InChI=1S/C35H72N/c1-5-9-12-15-18-20-22-24-27-30-34-36(32-8-4,33-29-26-17-14-11-7-3)35-31-28-25-23-21-19-16-13-10-6-2/h8H,4-7,9-35H2,1-3H3/q+1. The Morgan fingerprint density at radius 1 is 0.361 bits per heavy atom. The van der Waals surface area contributed by atoms with E-state index in [9.17, 15) is 0 Å². The van der Waals surface area contributed by atoms with E-state index in [0.29, 0.717) is 0 Å². The molecule has 0 bridgehead atoms. The van der Waals surface area contributed by atoms with Crippen LogP contribution < -0.4 is 0 Å². The van der Waals surface area contributed by atoms with Crippen LogP contribution in [0.3, 0.4) is 0 Å². The third-order valence-electron chi connectivity index (χ3n) is 8.47. The molecule has 0 spiro atoms. The monoisotopic (exact) mass is 507 g/mol. The predicted octanol–water partition coefficient (Wildman–Crippen LogP) is 12.2. The lowest BCUT2D eigenvalue weighted by Gasteiger charge is -2.38. The largest absolute Gasteiger partial charge is 0.320 e. The summed E-state index contributed by atoms with van der Waals surface area (Å²) in [6.07, 6.45) is 39.6. The summed E-state index contributed by atoms with van der Waals surface area (Å²) in [5.41, 5.74) is 0. The summed E-state index contributed by atoms with van der Waals surface area (Å²) in [6.45, 7) is 16.5. The summed E-state index contributed by atoms with van der Waals surface area (Å²) in [6, 6.07) is 0. The first-order valence-corrected chi connectivity index (χ1v) is 17.2. The van der Waals surface area contributed by atoms with E-state index in [-0.39, 0.29) is 0 Å². The van der Waals surface area contributed by atoms with Crippen LogP contribution in [-0.2, 0) is 0 Å². The van der Waals surface area contributed by atoms with Crippen LogP contribution in [0.1, 0.15) is 188 Å². The average Bonchev–Trinajstić information content (AvgIpc) is 2.88. The molecule has 0 saturated heterocycles. The highest BCUT2D eigenvalue weighted by atomic mass is 15.3. The normalized spacial score (nSPS) is 11.9. The van der Waals surface area contributed by atoms with Crippen molar-refractivity contribution in [1.82, 2.24) is 0 Å². The minimum Gasteiger partial charge on any atom is -0.320 e. The van der Waals surface area contributed by atoms with Gasteiger partial charge in [-0.25, -0.2) is 0 Å². The van der Waals surface area contributed by atoms with Gasteiger partial charge in [0.1, 0.15) is 0 Å². The molecule has 0 N–H and O–H groups in total.